The minimum absolute atomic E-state index is 0.0216. The average molecular weight is 217 g/mol. The van der Waals surface area contributed by atoms with Crippen LogP contribution in [-0.4, -0.2) is 19.5 Å². The Kier molecular flexibility index (Phi) is 3.71. The number of amides is 1. The molecule has 0 aliphatic rings. The lowest BCUT2D eigenvalue weighted by Gasteiger charge is -2.06. The number of hydrogen-bond donors (Lipinski definition) is 2. The molecule has 0 unspecified atom stereocenters. The molecule has 0 aliphatic heterocycles. The molecule has 5 heteroatoms. The van der Waals surface area contributed by atoms with Gasteiger partial charge in [-0.1, -0.05) is 17.7 Å². The zero-order chi connectivity index (χ0) is 10.6. The van der Waals surface area contributed by atoms with Crippen LogP contribution < -0.4 is 10.6 Å². The molecule has 1 aromatic carbocycles. The SMILES string of the molecule is CNC(=O)CNc1cccc(Cl)c1F. The first-order chi connectivity index (χ1) is 6.65. The predicted molar refractivity (Wildman–Crippen MR) is 54.0 cm³/mol. The molecule has 1 rings (SSSR count). The predicted octanol–water partition coefficient (Wildman–Crippen LogP) is 1.64. The Morgan fingerprint density at radius 2 is 2.29 bits per heavy atom. The van der Waals surface area contributed by atoms with E-state index in [1.165, 1.54) is 19.2 Å². The van der Waals surface area contributed by atoms with Crippen LogP contribution in [0.3, 0.4) is 0 Å². The fourth-order valence-corrected chi connectivity index (χ4v) is 1.08. The second-order valence-electron chi connectivity index (χ2n) is 2.63. The largest absolute Gasteiger partial charge is 0.374 e. The molecule has 0 aromatic heterocycles. The lowest BCUT2D eigenvalue weighted by Crippen LogP contribution is -2.26. The number of carbonyl (C=O) groups excluding carboxylic acids is 1. The molecule has 3 nitrogen and oxygen atoms in total. The molecule has 0 heterocycles. The van der Waals surface area contributed by atoms with E-state index in [2.05, 4.69) is 10.6 Å². The van der Waals surface area contributed by atoms with E-state index < -0.39 is 5.82 Å². The third-order valence-electron chi connectivity index (χ3n) is 1.67. The van der Waals surface area contributed by atoms with Crippen molar-refractivity contribution in [3.63, 3.8) is 0 Å². The fourth-order valence-electron chi connectivity index (χ4n) is 0.904. The van der Waals surface area contributed by atoms with Crippen molar-refractivity contribution in [1.82, 2.24) is 5.32 Å². The highest BCUT2D eigenvalue weighted by molar-refractivity contribution is 6.31. The summed E-state index contributed by atoms with van der Waals surface area (Å²) >= 11 is 5.55. The number of likely N-dealkylation sites (N-methyl/N-ethyl adjacent to an activating group) is 1. The first kappa shape index (κ1) is 10.8. The maximum absolute atomic E-state index is 13.2. The van der Waals surface area contributed by atoms with Crippen LogP contribution in [0.4, 0.5) is 10.1 Å². The number of rotatable bonds is 3. The van der Waals surface area contributed by atoms with Gasteiger partial charge in [-0.25, -0.2) is 4.39 Å². The van der Waals surface area contributed by atoms with E-state index in [1.54, 1.807) is 6.07 Å². The van der Waals surface area contributed by atoms with Gasteiger partial charge < -0.3 is 10.6 Å². The van der Waals surface area contributed by atoms with Gasteiger partial charge in [-0.2, -0.15) is 0 Å². The van der Waals surface area contributed by atoms with Crippen LogP contribution in [0.25, 0.3) is 0 Å². The van der Waals surface area contributed by atoms with Crippen LogP contribution >= 0.6 is 11.6 Å². The smallest absolute Gasteiger partial charge is 0.239 e. The summed E-state index contributed by atoms with van der Waals surface area (Å²) in [5, 5.41) is 5.08. The standard InChI is InChI=1S/C9H10ClFN2O/c1-12-8(14)5-13-7-4-2-3-6(10)9(7)11/h2-4,13H,5H2,1H3,(H,12,14). The van der Waals surface area contributed by atoms with Crippen molar-refractivity contribution in [3.8, 4) is 0 Å². The average Bonchev–Trinajstić information content (AvgIpc) is 2.20. The van der Waals surface area contributed by atoms with Crippen molar-refractivity contribution in [1.29, 1.82) is 0 Å². The van der Waals surface area contributed by atoms with Crippen molar-refractivity contribution in [3.05, 3.63) is 29.0 Å². The summed E-state index contributed by atoms with van der Waals surface area (Å²) in [5.74, 6) is -0.762. The van der Waals surface area contributed by atoms with Crippen LogP contribution in [0, 0.1) is 5.82 Å². The third kappa shape index (κ3) is 2.60. The van der Waals surface area contributed by atoms with Gasteiger partial charge in [-0.05, 0) is 12.1 Å². The van der Waals surface area contributed by atoms with Crippen LogP contribution in [0.5, 0.6) is 0 Å². The molecule has 0 bridgehead atoms. The Labute approximate surface area is 86.3 Å². The lowest BCUT2D eigenvalue weighted by atomic mass is 10.3. The van der Waals surface area contributed by atoms with Crippen LogP contribution in [0.1, 0.15) is 0 Å². The first-order valence-electron chi connectivity index (χ1n) is 4.03. The quantitative estimate of drug-likeness (QED) is 0.807. The van der Waals surface area contributed by atoms with Gasteiger partial charge in [0.2, 0.25) is 5.91 Å². The van der Waals surface area contributed by atoms with Crippen LogP contribution in [0.2, 0.25) is 5.02 Å². The van der Waals surface area contributed by atoms with Gasteiger partial charge in [-0.15, -0.1) is 0 Å². The number of hydrogen-bond acceptors (Lipinski definition) is 2. The van der Waals surface area contributed by atoms with E-state index in [-0.39, 0.29) is 23.2 Å². The van der Waals surface area contributed by atoms with Crippen molar-refractivity contribution in [2.75, 3.05) is 18.9 Å². The normalized spacial score (nSPS) is 9.64. The monoisotopic (exact) mass is 216 g/mol. The summed E-state index contributed by atoms with van der Waals surface area (Å²) in [7, 11) is 1.51. The van der Waals surface area contributed by atoms with Gasteiger partial charge >= 0.3 is 0 Å². The van der Waals surface area contributed by atoms with Gasteiger partial charge in [0.1, 0.15) is 0 Å². The number of nitrogens with one attached hydrogen (secondary N) is 2. The van der Waals surface area contributed by atoms with Crippen molar-refractivity contribution < 1.29 is 9.18 Å². The number of anilines is 1. The molecule has 0 saturated carbocycles. The van der Waals surface area contributed by atoms with E-state index in [0.29, 0.717) is 0 Å². The van der Waals surface area contributed by atoms with Gasteiger partial charge in [0, 0.05) is 7.05 Å². The summed E-state index contributed by atoms with van der Waals surface area (Å²) in [4.78, 5) is 10.9. The zero-order valence-corrected chi connectivity index (χ0v) is 8.36. The molecule has 0 radical (unpaired) electrons. The molecule has 0 aliphatic carbocycles. The highest BCUT2D eigenvalue weighted by atomic mass is 35.5. The maximum Gasteiger partial charge on any atom is 0.239 e. The van der Waals surface area contributed by atoms with Crippen LogP contribution in [-0.2, 0) is 4.79 Å². The number of carbonyl (C=O) groups is 1. The molecule has 1 aromatic rings. The second kappa shape index (κ2) is 4.81. The number of benzene rings is 1. The van der Waals surface area contributed by atoms with E-state index >= 15 is 0 Å². The third-order valence-corrected chi connectivity index (χ3v) is 1.96. The molecule has 14 heavy (non-hydrogen) atoms. The zero-order valence-electron chi connectivity index (χ0n) is 7.60. The summed E-state index contributed by atoms with van der Waals surface area (Å²) < 4.78 is 13.2. The molecule has 76 valence electrons. The highest BCUT2D eigenvalue weighted by Gasteiger charge is 2.06. The Morgan fingerprint density at radius 3 is 2.93 bits per heavy atom. The summed E-state index contributed by atoms with van der Waals surface area (Å²) in [6.07, 6.45) is 0. The Hall–Kier alpha value is -1.29. The van der Waals surface area contributed by atoms with E-state index in [9.17, 15) is 9.18 Å². The molecule has 0 fully saturated rings. The molecule has 0 saturated heterocycles. The second-order valence-corrected chi connectivity index (χ2v) is 3.04. The first-order valence-corrected chi connectivity index (χ1v) is 4.41. The molecule has 2 N–H and O–H groups in total. The topological polar surface area (TPSA) is 41.1 Å². The maximum atomic E-state index is 13.2. The van der Waals surface area contributed by atoms with Gasteiger partial charge in [0.05, 0.1) is 17.3 Å². The van der Waals surface area contributed by atoms with E-state index in [4.69, 9.17) is 11.6 Å². The summed E-state index contributed by atoms with van der Waals surface area (Å²) in [5.41, 5.74) is 0.223. The highest BCUT2D eigenvalue weighted by Crippen LogP contribution is 2.21. The van der Waals surface area contributed by atoms with Gasteiger partial charge in [0.15, 0.2) is 5.82 Å². The fraction of sp³-hybridized carbons (Fsp3) is 0.222. The minimum Gasteiger partial charge on any atom is -0.374 e. The van der Waals surface area contributed by atoms with E-state index in [0.717, 1.165) is 0 Å². The molecule has 0 spiro atoms. The molecule has 1 amide bonds. The van der Waals surface area contributed by atoms with Gasteiger partial charge in [-0.3, -0.25) is 4.79 Å². The Balaban J connectivity index is 2.68. The molecular formula is C9H10ClFN2O. The Bertz CT molecular complexity index is 344. The van der Waals surface area contributed by atoms with Gasteiger partial charge in [0.25, 0.3) is 0 Å². The van der Waals surface area contributed by atoms with Crippen molar-refractivity contribution >= 4 is 23.2 Å². The van der Waals surface area contributed by atoms with Crippen molar-refractivity contribution in [2.45, 2.75) is 0 Å². The van der Waals surface area contributed by atoms with Crippen LogP contribution in [0.15, 0.2) is 18.2 Å². The number of halogens is 2. The lowest BCUT2D eigenvalue weighted by molar-refractivity contribution is -0.118. The minimum atomic E-state index is -0.543. The molecule has 0 atom stereocenters. The Morgan fingerprint density at radius 1 is 1.57 bits per heavy atom. The molecular weight excluding hydrogens is 207 g/mol. The van der Waals surface area contributed by atoms with E-state index in [1.807, 2.05) is 0 Å². The van der Waals surface area contributed by atoms with Crippen molar-refractivity contribution in [2.24, 2.45) is 0 Å². The summed E-state index contributed by atoms with van der Waals surface area (Å²) in [6.45, 7) is 0.0216. The summed E-state index contributed by atoms with van der Waals surface area (Å²) in [6, 6.07) is 4.57.